The van der Waals surface area contributed by atoms with E-state index in [1.165, 1.54) is 6.92 Å². The van der Waals surface area contributed by atoms with Crippen molar-refractivity contribution in [1.29, 1.82) is 0 Å². The van der Waals surface area contributed by atoms with Gasteiger partial charge in [0.2, 0.25) is 5.91 Å². The first kappa shape index (κ1) is 26.6. The van der Waals surface area contributed by atoms with Gasteiger partial charge in [-0.2, -0.15) is 0 Å². The average Bonchev–Trinajstić information content (AvgIpc) is 3.30. The number of hydrogen-bond donors (Lipinski definition) is 7. The van der Waals surface area contributed by atoms with Crippen molar-refractivity contribution in [3.05, 3.63) is 0 Å². The Hall–Kier alpha value is -2.40. The monoisotopic (exact) mass is 443 g/mol. The molecule has 0 bridgehead atoms. The summed E-state index contributed by atoms with van der Waals surface area (Å²) in [6.45, 7) is 6.25. The van der Waals surface area contributed by atoms with Gasteiger partial charge in [-0.25, -0.2) is 4.99 Å². The summed E-state index contributed by atoms with van der Waals surface area (Å²) in [5.74, 6) is -3.56. The molecule has 1 aliphatic heterocycles. The molecule has 1 saturated carbocycles. The van der Waals surface area contributed by atoms with Gasteiger partial charge >= 0.3 is 11.9 Å². The van der Waals surface area contributed by atoms with Gasteiger partial charge in [-0.3, -0.25) is 14.4 Å². The quantitative estimate of drug-likeness (QED) is 0.190. The van der Waals surface area contributed by atoms with E-state index in [0.717, 1.165) is 32.2 Å². The summed E-state index contributed by atoms with van der Waals surface area (Å²) in [6, 6.07) is -1.18. The number of rotatable bonds is 8. The minimum absolute atomic E-state index is 0.0998. The fraction of sp³-hybridized carbons (Fsp3) is 0.800. The van der Waals surface area contributed by atoms with Crippen LogP contribution in [0.15, 0.2) is 4.99 Å². The van der Waals surface area contributed by atoms with E-state index in [0.29, 0.717) is 0 Å². The molecule has 2 aliphatic rings. The lowest BCUT2D eigenvalue weighted by Crippen LogP contribution is -2.51. The molecule has 2 fully saturated rings. The van der Waals surface area contributed by atoms with Gasteiger partial charge < -0.3 is 37.4 Å². The van der Waals surface area contributed by atoms with E-state index in [2.05, 4.69) is 15.6 Å². The Kier molecular flexibility index (Phi) is 10.7. The number of aliphatic imine (C=N–C) groups is 1. The number of nitrogens with zero attached hydrogens (tertiary/aromatic N) is 1. The second-order valence-corrected chi connectivity index (χ2v) is 8.16. The van der Waals surface area contributed by atoms with Crippen LogP contribution in [0.3, 0.4) is 0 Å². The first-order valence-electron chi connectivity index (χ1n) is 10.8. The second-order valence-electron chi connectivity index (χ2n) is 8.16. The van der Waals surface area contributed by atoms with E-state index >= 15 is 0 Å². The molecule has 9 N–H and O–H groups in total. The molecule has 0 aromatic carbocycles. The van der Waals surface area contributed by atoms with Gasteiger partial charge in [0.1, 0.15) is 6.04 Å². The van der Waals surface area contributed by atoms with Crippen molar-refractivity contribution in [3.8, 4) is 0 Å². The summed E-state index contributed by atoms with van der Waals surface area (Å²) in [5.41, 5.74) is 10.9. The van der Waals surface area contributed by atoms with Gasteiger partial charge in [-0.15, -0.1) is 0 Å². The molecule has 31 heavy (non-hydrogen) atoms. The van der Waals surface area contributed by atoms with Crippen LogP contribution in [0.2, 0.25) is 0 Å². The Morgan fingerprint density at radius 2 is 1.77 bits per heavy atom. The SMILES string of the molecule is CCC(CC)[C@H](NC(C)=O)[C@@H]1[C@H](O)[C@@H](C(=O)O)C[C@H]1N=C(N)N.O=C(O)C1CCCN1. The van der Waals surface area contributed by atoms with Crippen LogP contribution in [0.25, 0.3) is 0 Å². The number of nitrogens with one attached hydrogen (secondary N) is 2. The van der Waals surface area contributed by atoms with Gasteiger partial charge in [0, 0.05) is 18.9 Å². The number of carboxylic acid groups (broad SMARTS) is 2. The fourth-order valence-corrected chi connectivity index (χ4v) is 4.54. The van der Waals surface area contributed by atoms with Gasteiger partial charge in [-0.05, 0) is 31.7 Å². The summed E-state index contributed by atoms with van der Waals surface area (Å²) >= 11 is 0. The first-order valence-corrected chi connectivity index (χ1v) is 10.8. The predicted molar refractivity (Wildman–Crippen MR) is 115 cm³/mol. The highest BCUT2D eigenvalue weighted by molar-refractivity contribution is 5.77. The van der Waals surface area contributed by atoms with Crippen molar-refractivity contribution in [2.24, 2.45) is 34.2 Å². The normalized spacial score (nSPS) is 28.4. The van der Waals surface area contributed by atoms with Crippen molar-refractivity contribution < 1.29 is 29.7 Å². The predicted octanol–water partition coefficient (Wildman–Crippen LogP) is -0.526. The number of aliphatic hydroxyl groups is 1. The topological polar surface area (TPSA) is 200 Å². The lowest BCUT2D eigenvalue weighted by atomic mass is 9.80. The fourth-order valence-electron chi connectivity index (χ4n) is 4.54. The average molecular weight is 444 g/mol. The Morgan fingerprint density at radius 3 is 2.13 bits per heavy atom. The standard InChI is InChI=1S/C15H28N4O4.C5H9NO2/c1-4-8(5-2)12(18-7(3)20)11-10(19-15(16)17)6-9(13(11)21)14(22)23;7-5(8)4-2-1-3-6-4/h8-13,21H,4-6H2,1-3H3,(H,18,20)(H,22,23)(H4,16,17,19);4,6H,1-3H2,(H,7,8)/t9-,10+,11+,12-,13+;/m0./s1. The molecule has 1 unspecified atom stereocenters. The maximum atomic E-state index is 11.6. The summed E-state index contributed by atoms with van der Waals surface area (Å²) in [7, 11) is 0. The molecule has 11 nitrogen and oxygen atoms in total. The van der Waals surface area contributed by atoms with Crippen molar-refractivity contribution in [3.63, 3.8) is 0 Å². The van der Waals surface area contributed by atoms with Crippen LogP contribution in [0, 0.1) is 17.8 Å². The lowest BCUT2D eigenvalue weighted by molar-refractivity contribution is -0.145. The van der Waals surface area contributed by atoms with Gasteiger partial charge in [0.25, 0.3) is 0 Å². The molecule has 1 aliphatic carbocycles. The number of hydrogen-bond acceptors (Lipinski definition) is 6. The number of nitrogens with two attached hydrogens (primary N) is 2. The number of amides is 1. The Bertz CT molecular complexity index is 644. The molecule has 0 radical (unpaired) electrons. The van der Waals surface area contributed by atoms with Crippen LogP contribution in [0.5, 0.6) is 0 Å². The Morgan fingerprint density at radius 1 is 1.16 bits per heavy atom. The number of aliphatic carboxylic acids is 2. The highest BCUT2D eigenvalue weighted by Gasteiger charge is 2.50. The van der Waals surface area contributed by atoms with Crippen molar-refractivity contribution >= 4 is 23.8 Å². The van der Waals surface area contributed by atoms with Gasteiger partial charge in [-0.1, -0.05) is 26.7 Å². The number of carbonyl (C=O) groups is 3. The Balaban J connectivity index is 0.000000500. The van der Waals surface area contributed by atoms with Crippen LogP contribution in [-0.4, -0.2) is 69.9 Å². The summed E-state index contributed by atoms with van der Waals surface area (Å²) in [6.07, 6.45) is 2.40. The molecule has 0 spiro atoms. The molecular formula is C20H37N5O6. The molecule has 6 atom stereocenters. The van der Waals surface area contributed by atoms with E-state index in [9.17, 15) is 24.6 Å². The van der Waals surface area contributed by atoms with Crippen molar-refractivity contribution in [1.82, 2.24) is 10.6 Å². The van der Waals surface area contributed by atoms with Crippen LogP contribution < -0.4 is 22.1 Å². The molecule has 178 valence electrons. The van der Waals surface area contributed by atoms with Crippen LogP contribution >= 0.6 is 0 Å². The van der Waals surface area contributed by atoms with Gasteiger partial charge in [0.15, 0.2) is 5.96 Å². The number of carboxylic acids is 2. The maximum Gasteiger partial charge on any atom is 0.320 e. The third-order valence-electron chi connectivity index (χ3n) is 6.08. The van der Waals surface area contributed by atoms with Crippen LogP contribution in [0.4, 0.5) is 0 Å². The van der Waals surface area contributed by atoms with Crippen molar-refractivity contribution in [2.45, 2.75) is 77.1 Å². The Labute approximate surface area is 182 Å². The first-order chi connectivity index (χ1) is 14.5. The zero-order valence-electron chi connectivity index (χ0n) is 18.5. The van der Waals surface area contributed by atoms with Gasteiger partial charge in [0.05, 0.1) is 18.1 Å². The van der Waals surface area contributed by atoms with Crippen LogP contribution in [-0.2, 0) is 14.4 Å². The smallest absolute Gasteiger partial charge is 0.320 e. The van der Waals surface area contributed by atoms with Crippen molar-refractivity contribution in [2.75, 3.05) is 6.54 Å². The highest BCUT2D eigenvalue weighted by Crippen LogP contribution is 2.39. The summed E-state index contributed by atoms with van der Waals surface area (Å²) in [5, 5.41) is 33.9. The lowest BCUT2D eigenvalue weighted by Gasteiger charge is -2.35. The minimum Gasteiger partial charge on any atom is -0.481 e. The molecule has 1 amide bonds. The number of guanidine groups is 1. The molecule has 1 saturated heterocycles. The number of carbonyl (C=O) groups excluding carboxylic acids is 1. The van der Waals surface area contributed by atoms with E-state index in [-0.39, 0.29) is 36.3 Å². The third-order valence-corrected chi connectivity index (χ3v) is 6.08. The minimum atomic E-state index is -1.11. The molecule has 1 heterocycles. The van der Waals surface area contributed by atoms with E-state index in [4.69, 9.17) is 16.6 Å². The molecule has 2 rings (SSSR count). The van der Waals surface area contributed by atoms with E-state index < -0.39 is 35.9 Å². The number of aliphatic hydroxyl groups excluding tert-OH is 1. The zero-order valence-corrected chi connectivity index (χ0v) is 18.5. The molecule has 0 aromatic heterocycles. The molecule has 0 aromatic rings. The molecular weight excluding hydrogens is 406 g/mol. The van der Waals surface area contributed by atoms with E-state index in [1.54, 1.807) is 0 Å². The second kappa shape index (κ2) is 12.5. The van der Waals surface area contributed by atoms with Crippen LogP contribution in [0.1, 0.15) is 52.9 Å². The third kappa shape index (κ3) is 7.66. The van der Waals surface area contributed by atoms with E-state index in [1.807, 2.05) is 13.8 Å². The molecule has 11 heteroatoms. The summed E-state index contributed by atoms with van der Waals surface area (Å²) in [4.78, 5) is 37.2. The maximum absolute atomic E-state index is 11.6. The largest absolute Gasteiger partial charge is 0.481 e. The zero-order chi connectivity index (χ0) is 23.7. The highest BCUT2D eigenvalue weighted by atomic mass is 16.4. The summed E-state index contributed by atoms with van der Waals surface area (Å²) < 4.78 is 0.